The lowest BCUT2D eigenvalue weighted by atomic mass is 10.0. The molecule has 0 aromatic heterocycles. The number of nitrogens with one attached hydrogen (secondary N) is 1. The molecule has 12 nitrogen and oxygen atoms in total. The summed E-state index contributed by atoms with van der Waals surface area (Å²) in [5.41, 5.74) is 2.70. The number of phenols is 1. The summed E-state index contributed by atoms with van der Waals surface area (Å²) in [5.74, 6) is -0.150. The van der Waals surface area contributed by atoms with Crippen molar-refractivity contribution in [1.29, 1.82) is 0 Å². The fourth-order valence-electron chi connectivity index (χ4n) is 7.57. The number of phenolic OH excluding ortho intramolecular Hbond substituents is 1. The Labute approximate surface area is 304 Å². The van der Waals surface area contributed by atoms with Gasteiger partial charge in [0.2, 0.25) is 0 Å². The number of hydrogen-bond donors (Lipinski definition) is 3. The maximum absolute atomic E-state index is 14.0. The van der Waals surface area contributed by atoms with Gasteiger partial charge in [-0.2, -0.15) is 0 Å². The number of rotatable bonds is 8. The van der Waals surface area contributed by atoms with Crippen molar-refractivity contribution < 1.29 is 29.3 Å². The number of carbonyl (C=O) groups is 3. The maximum atomic E-state index is 14.0. The van der Waals surface area contributed by atoms with Crippen LogP contribution in [0.2, 0.25) is 0 Å². The number of fused-ring (bicyclic) bond motifs is 1. The number of hydrogen-bond acceptors (Lipinski definition) is 8. The Morgan fingerprint density at radius 1 is 0.878 bits per heavy atom. The lowest BCUT2D eigenvalue weighted by Gasteiger charge is -2.43. The number of aromatic hydroxyl groups is 1. The van der Waals surface area contributed by atoms with Crippen molar-refractivity contribution in [1.82, 2.24) is 24.5 Å². The van der Waals surface area contributed by atoms with E-state index in [4.69, 9.17) is 4.74 Å². The number of likely N-dealkylation sites (tertiary alicyclic amines) is 2. The van der Waals surface area contributed by atoms with Crippen molar-refractivity contribution in [2.75, 3.05) is 77.4 Å². The molecule has 49 heavy (non-hydrogen) atoms. The van der Waals surface area contributed by atoms with Gasteiger partial charge >= 0.3 is 12.1 Å². The van der Waals surface area contributed by atoms with Gasteiger partial charge in [-0.3, -0.25) is 14.6 Å². The number of anilines is 1. The first kappa shape index (κ1) is 35.9. The number of benzene rings is 2. The SMILES string of the molecule is O=C(O[C@H](Cc1cc(Br)c(O)c(Br)c1)C(=O)N1CCC(N2CCN(CCO)CC2)CC1)N1CCC(N2CCc3ccccc3NC2=O)CC1. The molecule has 14 heteroatoms. The molecule has 266 valence electrons. The summed E-state index contributed by atoms with van der Waals surface area (Å²) in [6.07, 6.45) is 2.33. The topological polar surface area (TPSA) is 129 Å². The first-order valence-electron chi connectivity index (χ1n) is 17.3. The quantitative estimate of drug-likeness (QED) is 0.364. The van der Waals surface area contributed by atoms with Crippen LogP contribution in [0, 0.1) is 0 Å². The highest BCUT2D eigenvalue weighted by molar-refractivity contribution is 9.11. The molecule has 4 amide bonds. The van der Waals surface area contributed by atoms with Crippen LogP contribution < -0.4 is 5.32 Å². The molecular weight excluding hydrogens is 760 g/mol. The Hall–Kier alpha value is -2.91. The van der Waals surface area contributed by atoms with E-state index in [2.05, 4.69) is 47.0 Å². The van der Waals surface area contributed by atoms with Crippen LogP contribution in [0.25, 0.3) is 0 Å². The van der Waals surface area contributed by atoms with Gasteiger partial charge in [-0.1, -0.05) is 18.2 Å². The van der Waals surface area contributed by atoms with Crippen molar-refractivity contribution in [3.63, 3.8) is 0 Å². The van der Waals surface area contributed by atoms with E-state index >= 15 is 0 Å². The number of amides is 4. The van der Waals surface area contributed by atoms with Gasteiger partial charge in [-0.15, -0.1) is 0 Å². The number of aliphatic hydroxyl groups is 1. The highest BCUT2D eigenvalue weighted by atomic mass is 79.9. The summed E-state index contributed by atoms with van der Waals surface area (Å²) in [4.78, 5) is 50.9. The van der Waals surface area contributed by atoms with Crippen LogP contribution in [-0.2, 0) is 22.4 Å². The van der Waals surface area contributed by atoms with Gasteiger partial charge in [0.1, 0.15) is 5.75 Å². The third-order valence-electron chi connectivity index (χ3n) is 10.4. The van der Waals surface area contributed by atoms with Gasteiger partial charge in [0, 0.05) is 89.6 Å². The van der Waals surface area contributed by atoms with Crippen LogP contribution in [-0.4, -0.2) is 143 Å². The van der Waals surface area contributed by atoms with Crippen LogP contribution in [0.4, 0.5) is 15.3 Å². The number of nitrogens with zero attached hydrogens (tertiary/aromatic N) is 5. The number of β-amino-alcohol motifs (C(OH)–C–C–N with tert-alkyl or cyclic N) is 1. The zero-order chi connectivity index (χ0) is 34.5. The number of carbonyl (C=O) groups excluding carboxylic acids is 3. The first-order valence-corrected chi connectivity index (χ1v) is 18.9. The summed E-state index contributed by atoms with van der Waals surface area (Å²) in [5, 5.41) is 22.6. The molecule has 2 aromatic carbocycles. The molecule has 4 heterocycles. The second-order valence-electron chi connectivity index (χ2n) is 13.4. The van der Waals surface area contributed by atoms with E-state index in [-0.39, 0.29) is 36.8 Å². The maximum Gasteiger partial charge on any atom is 0.410 e. The predicted molar refractivity (Wildman–Crippen MR) is 193 cm³/mol. The zero-order valence-electron chi connectivity index (χ0n) is 27.7. The third kappa shape index (κ3) is 8.70. The van der Waals surface area contributed by atoms with Gasteiger partial charge in [0.15, 0.2) is 6.10 Å². The smallest absolute Gasteiger partial charge is 0.410 e. The van der Waals surface area contributed by atoms with Gasteiger partial charge in [-0.25, -0.2) is 9.59 Å². The molecule has 0 radical (unpaired) electrons. The van der Waals surface area contributed by atoms with Crippen molar-refractivity contribution in [2.24, 2.45) is 0 Å². The lowest BCUT2D eigenvalue weighted by Crippen LogP contribution is -2.55. The third-order valence-corrected chi connectivity index (χ3v) is 11.6. The number of para-hydroxylation sites is 1. The Morgan fingerprint density at radius 2 is 1.51 bits per heavy atom. The molecule has 6 rings (SSSR count). The van der Waals surface area contributed by atoms with Crippen LogP contribution in [0.15, 0.2) is 45.3 Å². The van der Waals surface area contributed by atoms with Crippen LogP contribution in [0.1, 0.15) is 36.8 Å². The highest BCUT2D eigenvalue weighted by Gasteiger charge is 2.36. The Kier molecular flexibility index (Phi) is 12.0. The lowest BCUT2D eigenvalue weighted by molar-refractivity contribution is -0.142. The number of piperazine rings is 1. The minimum absolute atomic E-state index is 0.00133. The van der Waals surface area contributed by atoms with Crippen LogP contribution in [0.5, 0.6) is 5.75 Å². The van der Waals surface area contributed by atoms with E-state index in [1.54, 1.807) is 17.0 Å². The number of piperidine rings is 2. The molecule has 3 fully saturated rings. The molecule has 4 aliphatic heterocycles. The van der Waals surface area contributed by atoms with E-state index < -0.39 is 12.2 Å². The normalized spacial score (nSPS) is 20.8. The zero-order valence-corrected chi connectivity index (χ0v) is 30.9. The summed E-state index contributed by atoms with van der Waals surface area (Å²) in [6.45, 7) is 7.30. The summed E-state index contributed by atoms with van der Waals surface area (Å²) in [7, 11) is 0. The van der Waals surface area contributed by atoms with Gasteiger partial charge in [0.25, 0.3) is 5.91 Å². The summed E-state index contributed by atoms with van der Waals surface area (Å²) < 4.78 is 7.00. The standard InChI is InChI=1S/C35H46Br2N6O6/c36-28-21-24(22-29(37)32(28)45)23-31(33(46)41-10-6-26(7-11-41)40-17-15-39(16-18-40)19-20-44)49-35(48)42-12-8-27(9-13-42)43-14-5-25-3-1-2-4-30(25)38-34(43)47/h1-4,21-22,26-27,31,44-45H,5-20,23H2,(H,38,47)/t31-/m1/s1. The average Bonchev–Trinajstić information content (AvgIpc) is 3.28. The molecule has 1 atom stereocenters. The molecule has 3 N–H and O–H groups in total. The van der Waals surface area contributed by atoms with Crippen molar-refractivity contribution >= 4 is 55.6 Å². The van der Waals surface area contributed by atoms with Crippen molar-refractivity contribution in [3.05, 3.63) is 56.5 Å². The van der Waals surface area contributed by atoms with E-state index in [0.717, 1.165) is 62.3 Å². The molecule has 0 unspecified atom stereocenters. The van der Waals surface area contributed by atoms with E-state index in [1.807, 2.05) is 34.1 Å². The van der Waals surface area contributed by atoms with Crippen molar-refractivity contribution in [3.8, 4) is 5.75 Å². The number of halogens is 2. The Bertz CT molecular complexity index is 1470. The van der Waals surface area contributed by atoms with Gasteiger partial charge in [0.05, 0.1) is 15.6 Å². The molecular formula is C35H46Br2N6O6. The molecule has 0 saturated carbocycles. The number of urea groups is 1. The molecule has 3 saturated heterocycles. The minimum Gasteiger partial charge on any atom is -0.506 e. The predicted octanol–water partition coefficient (Wildman–Crippen LogP) is 4.12. The monoisotopic (exact) mass is 804 g/mol. The van der Waals surface area contributed by atoms with Crippen LogP contribution >= 0.6 is 31.9 Å². The average molecular weight is 807 g/mol. The van der Waals surface area contributed by atoms with Crippen LogP contribution in [0.3, 0.4) is 0 Å². The highest BCUT2D eigenvalue weighted by Crippen LogP contribution is 2.34. The molecule has 0 aliphatic carbocycles. The van der Waals surface area contributed by atoms with E-state index in [1.165, 1.54) is 0 Å². The molecule has 0 spiro atoms. The fourth-order valence-corrected chi connectivity index (χ4v) is 8.85. The molecule has 2 aromatic rings. The fraction of sp³-hybridized carbons (Fsp3) is 0.571. The van der Waals surface area contributed by atoms with Gasteiger partial charge in [-0.05, 0) is 93.3 Å². The Balaban J connectivity index is 1.07. The van der Waals surface area contributed by atoms with Crippen molar-refractivity contribution in [2.45, 2.75) is 56.7 Å². The second kappa shape index (κ2) is 16.4. The largest absolute Gasteiger partial charge is 0.506 e. The minimum atomic E-state index is -1.03. The number of ether oxygens (including phenoxy) is 1. The second-order valence-corrected chi connectivity index (χ2v) is 15.1. The summed E-state index contributed by atoms with van der Waals surface area (Å²) in [6, 6.07) is 11.6. The Morgan fingerprint density at radius 3 is 2.18 bits per heavy atom. The molecule has 0 bridgehead atoms. The molecule has 4 aliphatic rings. The van der Waals surface area contributed by atoms with E-state index in [0.29, 0.717) is 67.1 Å². The number of aliphatic hydroxyl groups excluding tert-OH is 1. The van der Waals surface area contributed by atoms with E-state index in [9.17, 15) is 24.6 Å². The summed E-state index contributed by atoms with van der Waals surface area (Å²) >= 11 is 6.77. The first-order chi connectivity index (χ1) is 23.7. The van der Waals surface area contributed by atoms with Gasteiger partial charge < -0.3 is 35.0 Å².